The van der Waals surface area contributed by atoms with E-state index in [1.54, 1.807) is 7.05 Å². The summed E-state index contributed by atoms with van der Waals surface area (Å²) in [6, 6.07) is 2.94. The lowest BCUT2D eigenvalue weighted by atomic mass is 10.1. The third kappa shape index (κ3) is 3.41. The summed E-state index contributed by atoms with van der Waals surface area (Å²) in [7, 11) is 1.60. The Kier molecular flexibility index (Phi) is 4.38. The average molecular weight is 349 g/mol. The predicted molar refractivity (Wildman–Crippen MR) is 76.5 cm³/mol. The third-order valence-electron chi connectivity index (χ3n) is 3.23. The quantitative estimate of drug-likeness (QED) is 0.879. The molecule has 104 valence electrons. The Morgan fingerprint density at radius 3 is 2.79 bits per heavy atom. The van der Waals surface area contributed by atoms with E-state index < -0.39 is 6.10 Å². The second-order valence-electron chi connectivity index (χ2n) is 4.87. The summed E-state index contributed by atoms with van der Waals surface area (Å²) in [5, 5.41) is 20.1. The summed E-state index contributed by atoms with van der Waals surface area (Å²) in [5.74, 6) is -0.197. The van der Waals surface area contributed by atoms with Gasteiger partial charge in [-0.1, -0.05) is 11.6 Å². The van der Waals surface area contributed by atoms with Crippen molar-refractivity contribution in [3.05, 3.63) is 27.2 Å². The molecule has 1 aliphatic rings. The lowest BCUT2D eigenvalue weighted by Crippen LogP contribution is -2.35. The van der Waals surface area contributed by atoms with Crippen LogP contribution in [0.4, 0.5) is 0 Å². The van der Waals surface area contributed by atoms with E-state index in [9.17, 15) is 15.0 Å². The van der Waals surface area contributed by atoms with Crippen molar-refractivity contribution in [2.45, 2.75) is 18.9 Å². The number of carbonyl (C=O) groups excluding carboxylic acids is 1. The molecule has 0 aromatic heterocycles. The van der Waals surface area contributed by atoms with Gasteiger partial charge in [0.1, 0.15) is 5.75 Å². The van der Waals surface area contributed by atoms with Gasteiger partial charge in [-0.3, -0.25) is 4.79 Å². The fraction of sp³-hybridized carbons (Fsp3) is 0.462. The molecule has 1 amide bonds. The highest BCUT2D eigenvalue weighted by Gasteiger charge is 2.31. The molecule has 1 fully saturated rings. The van der Waals surface area contributed by atoms with Gasteiger partial charge >= 0.3 is 0 Å². The molecule has 1 aromatic carbocycles. The van der Waals surface area contributed by atoms with Gasteiger partial charge in [0.05, 0.1) is 16.1 Å². The first-order valence-electron chi connectivity index (χ1n) is 6.01. The third-order valence-corrected chi connectivity index (χ3v) is 4.06. The molecule has 1 unspecified atom stereocenters. The van der Waals surface area contributed by atoms with Crippen LogP contribution in [0.25, 0.3) is 0 Å². The summed E-state index contributed by atoms with van der Waals surface area (Å²) in [5.41, 5.74) is 0.130. The van der Waals surface area contributed by atoms with E-state index in [1.165, 1.54) is 17.0 Å². The summed E-state index contributed by atoms with van der Waals surface area (Å²) in [6.45, 7) is 0.257. The first kappa shape index (κ1) is 14.6. The largest absolute Gasteiger partial charge is 0.506 e. The number of aromatic hydroxyl groups is 1. The van der Waals surface area contributed by atoms with Crippen LogP contribution in [0.5, 0.6) is 5.75 Å². The van der Waals surface area contributed by atoms with E-state index in [1.807, 2.05) is 0 Å². The SMILES string of the molecule is CN(CC(O)C1CC1)C(=O)c1cc(Cl)cc(Br)c1O. The monoisotopic (exact) mass is 347 g/mol. The molecular weight excluding hydrogens is 334 g/mol. The van der Waals surface area contributed by atoms with Crippen LogP contribution in [0.3, 0.4) is 0 Å². The molecular formula is C13H15BrClNO3. The van der Waals surface area contributed by atoms with Crippen LogP contribution in [0.15, 0.2) is 16.6 Å². The standard InChI is InChI=1S/C13H15BrClNO3/c1-16(6-11(17)7-2-3-7)13(19)9-4-8(15)5-10(14)12(9)18/h4-5,7,11,17-18H,2-3,6H2,1H3. The van der Waals surface area contributed by atoms with Gasteiger partial charge in [-0.15, -0.1) is 0 Å². The zero-order valence-corrected chi connectivity index (χ0v) is 12.8. The predicted octanol–water partition coefficient (Wildman–Crippen LogP) is 2.65. The van der Waals surface area contributed by atoms with E-state index in [2.05, 4.69) is 15.9 Å². The number of benzene rings is 1. The fourth-order valence-corrected chi connectivity index (χ4v) is 2.74. The maximum absolute atomic E-state index is 12.2. The lowest BCUT2D eigenvalue weighted by molar-refractivity contribution is 0.0642. The molecule has 0 saturated heterocycles. The molecule has 0 bridgehead atoms. The average Bonchev–Trinajstić information content (AvgIpc) is 3.16. The zero-order chi connectivity index (χ0) is 14.2. The minimum atomic E-state index is -0.501. The highest BCUT2D eigenvalue weighted by atomic mass is 79.9. The minimum absolute atomic E-state index is 0.130. The first-order valence-corrected chi connectivity index (χ1v) is 7.18. The Balaban J connectivity index is 2.14. The van der Waals surface area contributed by atoms with Crippen LogP contribution < -0.4 is 0 Å². The summed E-state index contributed by atoms with van der Waals surface area (Å²) in [6.07, 6.45) is 1.52. The number of phenols is 1. The zero-order valence-electron chi connectivity index (χ0n) is 10.4. The molecule has 0 spiro atoms. The molecule has 4 nitrogen and oxygen atoms in total. The molecule has 1 aliphatic carbocycles. The number of amides is 1. The molecule has 1 atom stereocenters. The number of likely N-dealkylation sites (N-methyl/N-ethyl adjacent to an activating group) is 1. The van der Waals surface area contributed by atoms with Crippen molar-refractivity contribution in [1.82, 2.24) is 4.90 Å². The van der Waals surface area contributed by atoms with Crippen LogP contribution in [0.1, 0.15) is 23.2 Å². The van der Waals surface area contributed by atoms with Gasteiger partial charge in [0.25, 0.3) is 5.91 Å². The Labute approximate surface area is 125 Å². The fourth-order valence-electron chi connectivity index (χ4n) is 1.93. The number of carbonyl (C=O) groups is 1. The molecule has 19 heavy (non-hydrogen) atoms. The van der Waals surface area contributed by atoms with Gasteiger partial charge in [-0.05, 0) is 46.8 Å². The van der Waals surface area contributed by atoms with Gasteiger partial charge in [-0.25, -0.2) is 0 Å². The Hall–Kier alpha value is -0.780. The number of halogens is 2. The van der Waals surface area contributed by atoms with E-state index in [-0.39, 0.29) is 23.8 Å². The van der Waals surface area contributed by atoms with Gasteiger partial charge in [-0.2, -0.15) is 0 Å². The van der Waals surface area contributed by atoms with E-state index in [4.69, 9.17) is 11.6 Å². The Bertz CT molecular complexity index is 505. The smallest absolute Gasteiger partial charge is 0.257 e. The summed E-state index contributed by atoms with van der Waals surface area (Å²) in [4.78, 5) is 13.6. The van der Waals surface area contributed by atoms with Crippen LogP contribution in [0.2, 0.25) is 5.02 Å². The molecule has 0 aliphatic heterocycles. The first-order chi connectivity index (χ1) is 8.90. The molecule has 1 saturated carbocycles. The van der Waals surface area contributed by atoms with Crippen molar-refractivity contribution in [3.8, 4) is 5.75 Å². The molecule has 0 heterocycles. The number of hydrogen-bond donors (Lipinski definition) is 2. The van der Waals surface area contributed by atoms with Gasteiger partial charge in [0.2, 0.25) is 0 Å². The van der Waals surface area contributed by atoms with Crippen molar-refractivity contribution < 1.29 is 15.0 Å². The maximum atomic E-state index is 12.2. The number of nitrogens with zero attached hydrogens (tertiary/aromatic N) is 1. The molecule has 6 heteroatoms. The number of aliphatic hydroxyl groups is 1. The van der Waals surface area contributed by atoms with Crippen molar-refractivity contribution in [3.63, 3.8) is 0 Å². The molecule has 2 N–H and O–H groups in total. The second kappa shape index (κ2) is 5.69. The van der Waals surface area contributed by atoms with E-state index >= 15 is 0 Å². The van der Waals surface area contributed by atoms with Crippen molar-refractivity contribution >= 4 is 33.4 Å². The normalized spacial score (nSPS) is 16.2. The van der Waals surface area contributed by atoms with Crippen molar-refractivity contribution in [1.29, 1.82) is 0 Å². The molecule has 2 rings (SSSR count). The minimum Gasteiger partial charge on any atom is -0.506 e. The number of phenolic OH excluding ortho intramolecular Hbond substituents is 1. The van der Waals surface area contributed by atoms with Crippen LogP contribution in [0, 0.1) is 5.92 Å². The summed E-state index contributed by atoms with van der Waals surface area (Å²) < 4.78 is 0.375. The Morgan fingerprint density at radius 1 is 1.58 bits per heavy atom. The van der Waals surface area contributed by atoms with Gasteiger partial charge < -0.3 is 15.1 Å². The molecule has 1 aromatic rings. The van der Waals surface area contributed by atoms with Crippen LogP contribution in [-0.4, -0.2) is 40.7 Å². The topological polar surface area (TPSA) is 60.8 Å². The van der Waals surface area contributed by atoms with Crippen molar-refractivity contribution in [2.24, 2.45) is 5.92 Å². The Morgan fingerprint density at radius 2 is 2.21 bits per heavy atom. The number of aliphatic hydroxyl groups excluding tert-OH is 1. The van der Waals surface area contributed by atoms with E-state index in [0.717, 1.165) is 12.8 Å². The van der Waals surface area contributed by atoms with Gasteiger partial charge in [0, 0.05) is 18.6 Å². The summed E-state index contributed by atoms with van der Waals surface area (Å²) >= 11 is 9.02. The van der Waals surface area contributed by atoms with E-state index in [0.29, 0.717) is 15.4 Å². The second-order valence-corrected chi connectivity index (χ2v) is 6.17. The number of rotatable bonds is 4. The van der Waals surface area contributed by atoms with Crippen molar-refractivity contribution in [2.75, 3.05) is 13.6 Å². The van der Waals surface area contributed by atoms with Gasteiger partial charge in [0.15, 0.2) is 0 Å². The number of hydrogen-bond acceptors (Lipinski definition) is 3. The highest BCUT2D eigenvalue weighted by Crippen LogP contribution is 2.34. The van der Waals surface area contributed by atoms with Crippen LogP contribution >= 0.6 is 27.5 Å². The lowest BCUT2D eigenvalue weighted by Gasteiger charge is -2.21. The molecule has 0 radical (unpaired) electrons. The highest BCUT2D eigenvalue weighted by molar-refractivity contribution is 9.10. The maximum Gasteiger partial charge on any atom is 0.257 e. The van der Waals surface area contributed by atoms with Crippen LogP contribution in [-0.2, 0) is 0 Å².